The van der Waals surface area contributed by atoms with Gasteiger partial charge in [0.2, 0.25) is 5.91 Å². The zero-order valence-electron chi connectivity index (χ0n) is 9.57. The molecule has 0 aliphatic rings. The first-order chi connectivity index (χ1) is 8.65. The summed E-state index contributed by atoms with van der Waals surface area (Å²) in [5.41, 5.74) is -0.00564. The Balaban J connectivity index is 1.91. The van der Waals surface area contributed by atoms with Gasteiger partial charge in [0.05, 0.1) is 5.69 Å². The molecule has 1 amide bonds. The minimum absolute atomic E-state index is 0.00564. The van der Waals surface area contributed by atoms with Crippen molar-refractivity contribution in [3.8, 4) is 0 Å². The third-order valence-corrected chi connectivity index (χ3v) is 2.47. The van der Waals surface area contributed by atoms with E-state index in [-0.39, 0.29) is 18.0 Å². The van der Waals surface area contributed by atoms with Gasteiger partial charge in [0.25, 0.3) is 0 Å². The number of aryl methyl sites for hydroxylation is 1. The van der Waals surface area contributed by atoms with Crippen LogP contribution in [-0.2, 0) is 11.3 Å². The van der Waals surface area contributed by atoms with Gasteiger partial charge in [-0.2, -0.15) is 0 Å². The van der Waals surface area contributed by atoms with E-state index in [2.05, 4.69) is 5.32 Å². The summed E-state index contributed by atoms with van der Waals surface area (Å²) in [6, 6.07) is 6.76. The van der Waals surface area contributed by atoms with E-state index in [0.717, 1.165) is 12.1 Å². The maximum absolute atomic E-state index is 13.3. The van der Waals surface area contributed by atoms with E-state index in [1.807, 2.05) is 29.1 Å². The number of rotatable bonds is 4. The van der Waals surface area contributed by atoms with Crippen LogP contribution in [0.2, 0.25) is 0 Å². The molecule has 0 aliphatic heterocycles. The molecular weight excluding hydrogens is 238 g/mol. The molecule has 0 saturated heterocycles. The third kappa shape index (κ3) is 3.16. The maximum atomic E-state index is 13.3. The summed E-state index contributed by atoms with van der Waals surface area (Å²) in [6.07, 6.45) is 3.91. The molecule has 0 bridgehead atoms. The van der Waals surface area contributed by atoms with Gasteiger partial charge in [-0.25, -0.2) is 8.78 Å². The predicted molar refractivity (Wildman–Crippen MR) is 64.0 cm³/mol. The average Bonchev–Trinajstić information content (AvgIpc) is 2.83. The second kappa shape index (κ2) is 5.44. The number of anilines is 1. The number of nitrogens with one attached hydrogen (secondary N) is 1. The van der Waals surface area contributed by atoms with Gasteiger partial charge < -0.3 is 9.88 Å². The smallest absolute Gasteiger partial charge is 0.226 e. The Morgan fingerprint density at radius 3 is 2.61 bits per heavy atom. The van der Waals surface area contributed by atoms with Crippen molar-refractivity contribution < 1.29 is 13.6 Å². The Bertz CT molecular complexity index is 538. The summed E-state index contributed by atoms with van der Waals surface area (Å²) in [4.78, 5) is 11.6. The molecule has 0 radical (unpaired) electrons. The molecule has 0 spiro atoms. The third-order valence-electron chi connectivity index (χ3n) is 2.47. The van der Waals surface area contributed by atoms with Gasteiger partial charge in [0.15, 0.2) is 0 Å². The Hall–Kier alpha value is -2.17. The zero-order valence-corrected chi connectivity index (χ0v) is 9.57. The molecular formula is C13H12F2N2O. The number of nitrogens with zero attached hydrogens (tertiary/aromatic N) is 1. The zero-order chi connectivity index (χ0) is 13.0. The Labute approximate surface area is 103 Å². The van der Waals surface area contributed by atoms with Gasteiger partial charge in [0, 0.05) is 31.4 Å². The van der Waals surface area contributed by atoms with E-state index in [1.165, 1.54) is 6.07 Å². The van der Waals surface area contributed by atoms with Crippen LogP contribution in [0.1, 0.15) is 6.42 Å². The molecule has 0 unspecified atom stereocenters. The first kappa shape index (κ1) is 12.3. The fourth-order valence-corrected chi connectivity index (χ4v) is 1.55. The van der Waals surface area contributed by atoms with Gasteiger partial charge in [-0.05, 0) is 24.3 Å². The first-order valence-electron chi connectivity index (χ1n) is 5.51. The molecule has 2 aromatic rings. The van der Waals surface area contributed by atoms with Crippen LogP contribution in [0.15, 0.2) is 42.7 Å². The minimum Gasteiger partial charge on any atom is -0.354 e. The van der Waals surface area contributed by atoms with Gasteiger partial charge in [-0.15, -0.1) is 0 Å². The highest BCUT2D eigenvalue weighted by atomic mass is 19.1. The van der Waals surface area contributed by atoms with E-state index >= 15 is 0 Å². The van der Waals surface area contributed by atoms with Crippen LogP contribution in [0.3, 0.4) is 0 Å². The van der Waals surface area contributed by atoms with Crippen molar-refractivity contribution in [2.75, 3.05) is 5.32 Å². The molecule has 0 atom stereocenters. The quantitative estimate of drug-likeness (QED) is 0.889. The number of halogens is 2. The van der Waals surface area contributed by atoms with Crippen molar-refractivity contribution >= 4 is 11.6 Å². The molecule has 1 heterocycles. The minimum atomic E-state index is -0.774. The van der Waals surface area contributed by atoms with Crippen molar-refractivity contribution in [1.82, 2.24) is 4.57 Å². The Kier molecular flexibility index (Phi) is 3.72. The summed E-state index contributed by atoms with van der Waals surface area (Å²) in [7, 11) is 0. The lowest BCUT2D eigenvalue weighted by atomic mass is 10.3. The Morgan fingerprint density at radius 2 is 1.94 bits per heavy atom. The normalized spacial score (nSPS) is 10.3. The average molecular weight is 250 g/mol. The second-order valence-corrected chi connectivity index (χ2v) is 3.84. The standard InChI is InChI=1S/C13H12F2N2O/c14-10-3-4-12(11(15)9-10)16-13(18)5-8-17-6-1-2-7-17/h1-4,6-7,9H,5,8H2,(H,16,18). The van der Waals surface area contributed by atoms with Gasteiger partial charge in [0.1, 0.15) is 11.6 Å². The van der Waals surface area contributed by atoms with Crippen molar-refractivity contribution in [3.63, 3.8) is 0 Å². The highest BCUT2D eigenvalue weighted by molar-refractivity contribution is 5.90. The van der Waals surface area contributed by atoms with Gasteiger partial charge >= 0.3 is 0 Å². The topological polar surface area (TPSA) is 34.0 Å². The molecule has 18 heavy (non-hydrogen) atoms. The van der Waals surface area contributed by atoms with Crippen LogP contribution in [0.25, 0.3) is 0 Å². The summed E-state index contributed by atoms with van der Waals surface area (Å²) < 4.78 is 27.8. The Morgan fingerprint density at radius 1 is 1.22 bits per heavy atom. The molecule has 94 valence electrons. The van der Waals surface area contributed by atoms with E-state index in [4.69, 9.17) is 0 Å². The summed E-state index contributed by atoms with van der Waals surface area (Å²) >= 11 is 0. The fourth-order valence-electron chi connectivity index (χ4n) is 1.55. The molecule has 0 aliphatic carbocycles. The lowest BCUT2D eigenvalue weighted by Crippen LogP contribution is -2.15. The number of hydrogen-bond acceptors (Lipinski definition) is 1. The van der Waals surface area contributed by atoms with E-state index in [9.17, 15) is 13.6 Å². The van der Waals surface area contributed by atoms with E-state index in [1.54, 1.807) is 0 Å². The van der Waals surface area contributed by atoms with Crippen LogP contribution in [0, 0.1) is 11.6 Å². The fraction of sp³-hybridized carbons (Fsp3) is 0.154. The van der Waals surface area contributed by atoms with E-state index in [0.29, 0.717) is 6.54 Å². The van der Waals surface area contributed by atoms with Gasteiger partial charge in [-0.1, -0.05) is 0 Å². The van der Waals surface area contributed by atoms with Crippen LogP contribution < -0.4 is 5.32 Å². The molecule has 2 rings (SSSR count). The highest BCUT2D eigenvalue weighted by Gasteiger charge is 2.07. The van der Waals surface area contributed by atoms with Crippen LogP contribution in [0.4, 0.5) is 14.5 Å². The van der Waals surface area contributed by atoms with Crippen molar-refractivity contribution in [2.45, 2.75) is 13.0 Å². The molecule has 1 N–H and O–H groups in total. The number of benzene rings is 1. The molecule has 0 saturated carbocycles. The number of carbonyl (C=O) groups is 1. The van der Waals surface area contributed by atoms with Gasteiger partial charge in [-0.3, -0.25) is 4.79 Å². The maximum Gasteiger partial charge on any atom is 0.226 e. The number of hydrogen-bond donors (Lipinski definition) is 1. The largest absolute Gasteiger partial charge is 0.354 e. The first-order valence-corrected chi connectivity index (χ1v) is 5.51. The summed E-state index contributed by atoms with van der Waals surface area (Å²) in [5, 5.41) is 2.41. The van der Waals surface area contributed by atoms with Crippen LogP contribution in [0.5, 0.6) is 0 Å². The second-order valence-electron chi connectivity index (χ2n) is 3.84. The molecule has 3 nitrogen and oxygen atoms in total. The van der Waals surface area contributed by atoms with Crippen LogP contribution in [-0.4, -0.2) is 10.5 Å². The summed E-state index contributed by atoms with van der Waals surface area (Å²) in [5.74, 6) is -1.75. The highest BCUT2D eigenvalue weighted by Crippen LogP contribution is 2.15. The number of amides is 1. The number of aromatic nitrogens is 1. The monoisotopic (exact) mass is 250 g/mol. The lowest BCUT2D eigenvalue weighted by molar-refractivity contribution is -0.116. The molecule has 5 heteroatoms. The molecule has 1 aromatic carbocycles. The van der Waals surface area contributed by atoms with Crippen molar-refractivity contribution in [1.29, 1.82) is 0 Å². The predicted octanol–water partition coefficient (Wildman–Crippen LogP) is 2.80. The SMILES string of the molecule is O=C(CCn1cccc1)Nc1ccc(F)cc1F. The van der Waals surface area contributed by atoms with Crippen LogP contribution >= 0.6 is 0 Å². The summed E-state index contributed by atoms with van der Waals surface area (Å²) in [6.45, 7) is 0.516. The van der Waals surface area contributed by atoms with Crippen molar-refractivity contribution in [2.24, 2.45) is 0 Å². The van der Waals surface area contributed by atoms with Crippen molar-refractivity contribution in [3.05, 3.63) is 54.4 Å². The lowest BCUT2D eigenvalue weighted by Gasteiger charge is -2.07. The molecule has 1 aromatic heterocycles. The molecule has 0 fully saturated rings. The van der Waals surface area contributed by atoms with E-state index < -0.39 is 11.6 Å². The number of carbonyl (C=O) groups excluding carboxylic acids is 1.